The fourth-order valence-electron chi connectivity index (χ4n) is 1.84. The summed E-state index contributed by atoms with van der Waals surface area (Å²) in [6.45, 7) is 3.79. The molecule has 1 amide bonds. The standard InChI is InChI=1S/C15H15N5O3S/c1-9-10(2)24-15(17-9)18-12(21)7-22-8-13-19-14(20-23-13)11-3-5-16-6-4-11/h3-6H,7-8H2,1-2H3,(H,17,18,21). The van der Waals surface area contributed by atoms with Gasteiger partial charge in [-0.1, -0.05) is 5.16 Å². The molecule has 0 spiro atoms. The van der Waals surface area contributed by atoms with Gasteiger partial charge in [-0.2, -0.15) is 4.98 Å². The third-order valence-electron chi connectivity index (χ3n) is 3.14. The highest BCUT2D eigenvalue weighted by atomic mass is 32.1. The zero-order valence-electron chi connectivity index (χ0n) is 13.1. The largest absolute Gasteiger partial charge is 0.362 e. The lowest BCUT2D eigenvalue weighted by molar-refractivity contribution is -0.121. The average Bonchev–Trinajstić information content (AvgIpc) is 3.15. The number of anilines is 1. The van der Waals surface area contributed by atoms with Crippen molar-refractivity contribution in [2.24, 2.45) is 0 Å². The molecule has 3 heterocycles. The van der Waals surface area contributed by atoms with Crippen LogP contribution in [0.25, 0.3) is 11.4 Å². The first kappa shape index (κ1) is 16.2. The summed E-state index contributed by atoms with van der Waals surface area (Å²) in [5.74, 6) is 0.474. The molecule has 0 aliphatic rings. The van der Waals surface area contributed by atoms with Gasteiger partial charge in [0, 0.05) is 22.8 Å². The zero-order valence-corrected chi connectivity index (χ0v) is 14.0. The van der Waals surface area contributed by atoms with Gasteiger partial charge in [0.05, 0.1) is 5.69 Å². The molecule has 3 aromatic rings. The predicted octanol–water partition coefficient (Wildman–Crippen LogP) is 2.36. The predicted molar refractivity (Wildman–Crippen MR) is 87.4 cm³/mol. The third kappa shape index (κ3) is 4.00. The Morgan fingerprint density at radius 3 is 2.79 bits per heavy atom. The Hall–Kier alpha value is -2.65. The third-order valence-corrected chi connectivity index (χ3v) is 4.13. The molecule has 0 radical (unpaired) electrons. The van der Waals surface area contributed by atoms with E-state index in [4.69, 9.17) is 9.26 Å². The van der Waals surface area contributed by atoms with Crippen LogP contribution in [0.3, 0.4) is 0 Å². The molecule has 24 heavy (non-hydrogen) atoms. The van der Waals surface area contributed by atoms with Crippen molar-refractivity contribution in [1.29, 1.82) is 0 Å². The molecule has 0 aliphatic carbocycles. The Morgan fingerprint density at radius 1 is 1.29 bits per heavy atom. The summed E-state index contributed by atoms with van der Waals surface area (Å²) < 4.78 is 10.4. The first-order valence-electron chi connectivity index (χ1n) is 7.16. The SMILES string of the molecule is Cc1nc(NC(=O)COCc2nc(-c3ccncc3)no2)sc1C. The zero-order chi connectivity index (χ0) is 16.9. The van der Waals surface area contributed by atoms with Gasteiger partial charge in [-0.05, 0) is 26.0 Å². The summed E-state index contributed by atoms with van der Waals surface area (Å²) in [6.07, 6.45) is 3.29. The Morgan fingerprint density at radius 2 is 2.08 bits per heavy atom. The van der Waals surface area contributed by atoms with Crippen LogP contribution < -0.4 is 5.32 Å². The van der Waals surface area contributed by atoms with Crippen molar-refractivity contribution in [3.8, 4) is 11.4 Å². The normalized spacial score (nSPS) is 10.8. The molecule has 0 bridgehead atoms. The number of amides is 1. The van der Waals surface area contributed by atoms with E-state index >= 15 is 0 Å². The van der Waals surface area contributed by atoms with Crippen molar-refractivity contribution in [3.05, 3.63) is 41.0 Å². The minimum absolute atomic E-state index is 0.0570. The summed E-state index contributed by atoms with van der Waals surface area (Å²) in [6, 6.07) is 3.56. The minimum atomic E-state index is -0.280. The number of aryl methyl sites for hydroxylation is 2. The van der Waals surface area contributed by atoms with Crippen molar-refractivity contribution in [3.63, 3.8) is 0 Å². The van der Waals surface area contributed by atoms with Crippen LogP contribution in [0.5, 0.6) is 0 Å². The maximum absolute atomic E-state index is 11.8. The topological polar surface area (TPSA) is 103 Å². The molecule has 0 aromatic carbocycles. The number of nitrogens with zero attached hydrogens (tertiary/aromatic N) is 4. The molecule has 3 aromatic heterocycles. The summed E-state index contributed by atoms with van der Waals surface area (Å²) >= 11 is 1.43. The maximum atomic E-state index is 11.8. The number of pyridine rings is 1. The summed E-state index contributed by atoms with van der Waals surface area (Å²) in [4.78, 5) is 25.2. The number of rotatable bonds is 6. The van der Waals surface area contributed by atoms with Crippen LogP contribution in [0, 0.1) is 13.8 Å². The van der Waals surface area contributed by atoms with Crippen LogP contribution in [-0.2, 0) is 16.1 Å². The molecule has 0 atom stereocenters. The number of aromatic nitrogens is 4. The van der Waals surface area contributed by atoms with Crippen LogP contribution in [0.2, 0.25) is 0 Å². The van der Waals surface area contributed by atoms with Gasteiger partial charge in [-0.15, -0.1) is 11.3 Å². The van der Waals surface area contributed by atoms with Crippen LogP contribution in [0.4, 0.5) is 5.13 Å². The Labute approximate surface area is 141 Å². The molecular formula is C15H15N5O3S. The van der Waals surface area contributed by atoms with Gasteiger partial charge in [0.2, 0.25) is 5.82 Å². The summed E-state index contributed by atoms with van der Waals surface area (Å²) in [5.41, 5.74) is 1.71. The number of ether oxygens (including phenoxy) is 1. The minimum Gasteiger partial charge on any atom is -0.362 e. The van der Waals surface area contributed by atoms with E-state index in [1.807, 2.05) is 13.8 Å². The van der Waals surface area contributed by atoms with E-state index in [2.05, 4.69) is 25.4 Å². The first-order valence-corrected chi connectivity index (χ1v) is 7.98. The molecule has 8 nitrogen and oxygen atoms in total. The second-order valence-corrected chi connectivity index (χ2v) is 6.15. The van der Waals surface area contributed by atoms with Crippen LogP contribution >= 0.6 is 11.3 Å². The van der Waals surface area contributed by atoms with Crippen molar-refractivity contribution in [2.75, 3.05) is 11.9 Å². The monoisotopic (exact) mass is 345 g/mol. The Balaban J connectivity index is 1.48. The van der Waals surface area contributed by atoms with Gasteiger partial charge in [-0.3, -0.25) is 15.1 Å². The quantitative estimate of drug-likeness (QED) is 0.731. The van der Waals surface area contributed by atoms with Crippen molar-refractivity contribution in [2.45, 2.75) is 20.5 Å². The number of hydrogen-bond donors (Lipinski definition) is 1. The van der Waals surface area contributed by atoms with E-state index in [1.165, 1.54) is 11.3 Å². The average molecular weight is 345 g/mol. The van der Waals surface area contributed by atoms with Crippen LogP contribution in [-0.4, -0.2) is 32.6 Å². The molecule has 0 unspecified atom stereocenters. The van der Waals surface area contributed by atoms with E-state index < -0.39 is 0 Å². The first-order chi connectivity index (χ1) is 11.6. The Bertz CT molecular complexity index is 811. The molecular weight excluding hydrogens is 330 g/mol. The lowest BCUT2D eigenvalue weighted by Gasteiger charge is -2.01. The van der Waals surface area contributed by atoms with Gasteiger partial charge in [0.1, 0.15) is 13.2 Å². The fraction of sp³-hybridized carbons (Fsp3) is 0.267. The number of carbonyl (C=O) groups is 1. The molecule has 9 heteroatoms. The van der Waals surface area contributed by atoms with Gasteiger partial charge in [0.25, 0.3) is 11.8 Å². The summed E-state index contributed by atoms with van der Waals surface area (Å²) in [7, 11) is 0. The van der Waals surface area contributed by atoms with E-state index in [0.717, 1.165) is 16.1 Å². The van der Waals surface area contributed by atoms with Gasteiger partial charge >= 0.3 is 0 Å². The number of nitrogens with one attached hydrogen (secondary N) is 1. The van der Waals surface area contributed by atoms with Crippen LogP contribution in [0.15, 0.2) is 29.0 Å². The molecule has 3 rings (SSSR count). The second kappa shape index (κ2) is 7.28. The molecule has 124 valence electrons. The van der Waals surface area contributed by atoms with E-state index in [1.54, 1.807) is 24.5 Å². The molecule has 0 fully saturated rings. The van der Waals surface area contributed by atoms with Gasteiger partial charge in [-0.25, -0.2) is 4.98 Å². The number of thiazole rings is 1. The smallest absolute Gasteiger partial charge is 0.252 e. The highest BCUT2D eigenvalue weighted by Gasteiger charge is 2.11. The molecule has 0 saturated heterocycles. The second-order valence-electron chi connectivity index (χ2n) is 4.95. The van der Waals surface area contributed by atoms with Gasteiger partial charge < -0.3 is 9.26 Å². The maximum Gasteiger partial charge on any atom is 0.252 e. The lowest BCUT2D eigenvalue weighted by atomic mass is 10.2. The molecule has 1 N–H and O–H groups in total. The van der Waals surface area contributed by atoms with Crippen molar-refractivity contribution < 1.29 is 14.1 Å². The van der Waals surface area contributed by atoms with Crippen LogP contribution in [0.1, 0.15) is 16.5 Å². The number of hydrogen-bond acceptors (Lipinski definition) is 8. The van der Waals surface area contributed by atoms with Crippen molar-refractivity contribution in [1.82, 2.24) is 20.1 Å². The Kier molecular flexibility index (Phi) is 4.92. The van der Waals surface area contributed by atoms with E-state index in [9.17, 15) is 4.79 Å². The summed E-state index contributed by atoms with van der Waals surface area (Å²) in [5, 5.41) is 7.12. The van der Waals surface area contributed by atoms with E-state index in [-0.39, 0.29) is 19.1 Å². The number of carbonyl (C=O) groups excluding carboxylic acids is 1. The highest BCUT2D eigenvalue weighted by molar-refractivity contribution is 7.15. The molecule has 0 saturated carbocycles. The lowest BCUT2D eigenvalue weighted by Crippen LogP contribution is -2.18. The highest BCUT2D eigenvalue weighted by Crippen LogP contribution is 2.20. The van der Waals surface area contributed by atoms with E-state index in [0.29, 0.717) is 16.8 Å². The van der Waals surface area contributed by atoms with Gasteiger partial charge in [0.15, 0.2) is 5.13 Å². The fourth-order valence-corrected chi connectivity index (χ4v) is 2.68. The molecule has 0 aliphatic heterocycles. The van der Waals surface area contributed by atoms with Crippen molar-refractivity contribution >= 4 is 22.4 Å².